The van der Waals surface area contributed by atoms with Crippen LogP contribution in [0.25, 0.3) is 0 Å². The highest BCUT2D eigenvalue weighted by Crippen LogP contribution is 2.25. The Hall–Kier alpha value is -2.83. The van der Waals surface area contributed by atoms with E-state index < -0.39 is 0 Å². The number of carbonyl (C=O) groups is 2. The van der Waals surface area contributed by atoms with Crippen molar-refractivity contribution in [2.24, 2.45) is 0 Å². The standard InChI is InChI=1S/C19H16ClN3O2S/c1-12-7-8-13(20)11-15(12)22-18(24)16-9-10-17(26-16)23-19(25)21-14-5-3-2-4-6-14/h2-11H,1H3,(H,22,24)(H2,21,23,25). The fraction of sp³-hybridized carbons (Fsp3) is 0.0526. The summed E-state index contributed by atoms with van der Waals surface area (Å²) in [5.74, 6) is -0.253. The summed E-state index contributed by atoms with van der Waals surface area (Å²) < 4.78 is 0. The molecule has 1 heterocycles. The number of hydrogen-bond acceptors (Lipinski definition) is 3. The summed E-state index contributed by atoms with van der Waals surface area (Å²) in [4.78, 5) is 24.9. The predicted molar refractivity (Wildman–Crippen MR) is 108 cm³/mol. The summed E-state index contributed by atoms with van der Waals surface area (Å²) in [5, 5.41) is 9.40. The Bertz CT molecular complexity index is 941. The number of anilines is 3. The third-order valence-corrected chi connectivity index (χ3v) is 4.78. The fourth-order valence-electron chi connectivity index (χ4n) is 2.24. The maximum Gasteiger partial charge on any atom is 0.324 e. The zero-order valence-electron chi connectivity index (χ0n) is 13.9. The van der Waals surface area contributed by atoms with Crippen LogP contribution in [0.5, 0.6) is 0 Å². The normalized spacial score (nSPS) is 10.2. The Labute approximate surface area is 160 Å². The van der Waals surface area contributed by atoms with Gasteiger partial charge in [0.15, 0.2) is 0 Å². The Morgan fingerprint density at radius 3 is 2.46 bits per heavy atom. The molecule has 0 aliphatic carbocycles. The molecule has 0 spiro atoms. The molecule has 3 N–H and O–H groups in total. The highest BCUT2D eigenvalue weighted by Gasteiger charge is 2.12. The van der Waals surface area contributed by atoms with Gasteiger partial charge in [-0.15, -0.1) is 11.3 Å². The minimum atomic E-state index is -0.365. The van der Waals surface area contributed by atoms with Crippen molar-refractivity contribution in [3.05, 3.63) is 76.1 Å². The molecule has 0 radical (unpaired) electrons. The van der Waals surface area contributed by atoms with E-state index in [2.05, 4.69) is 16.0 Å². The van der Waals surface area contributed by atoms with Gasteiger partial charge in [-0.2, -0.15) is 0 Å². The van der Waals surface area contributed by atoms with Crippen LogP contribution in [0.15, 0.2) is 60.7 Å². The van der Waals surface area contributed by atoms with Crippen LogP contribution < -0.4 is 16.0 Å². The summed E-state index contributed by atoms with van der Waals surface area (Å²) >= 11 is 7.16. The van der Waals surface area contributed by atoms with E-state index in [9.17, 15) is 9.59 Å². The van der Waals surface area contributed by atoms with Gasteiger partial charge in [-0.3, -0.25) is 10.1 Å². The maximum atomic E-state index is 12.4. The van der Waals surface area contributed by atoms with E-state index in [4.69, 9.17) is 11.6 Å². The Morgan fingerprint density at radius 1 is 0.923 bits per heavy atom. The van der Waals surface area contributed by atoms with E-state index in [0.29, 0.717) is 26.3 Å². The van der Waals surface area contributed by atoms with E-state index in [-0.39, 0.29) is 11.9 Å². The number of benzene rings is 2. The molecule has 3 aromatic rings. The summed E-state index contributed by atoms with van der Waals surface area (Å²) in [6.45, 7) is 1.89. The number of aryl methyl sites for hydroxylation is 1. The molecular formula is C19H16ClN3O2S. The first kappa shape index (κ1) is 18.0. The highest BCUT2D eigenvalue weighted by atomic mass is 35.5. The molecule has 0 aliphatic heterocycles. The molecule has 26 heavy (non-hydrogen) atoms. The lowest BCUT2D eigenvalue weighted by Crippen LogP contribution is -2.18. The van der Waals surface area contributed by atoms with E-state index in [1.54, 1.807) is 36.4 Å². The third kappa shape index (κ3) is 4.62. The first-order valence-corrected chi connectivity index (χ1v) is 9.01. The lowest BCUT2D eigenvalue weighted by atomic mass is 10.2. The Kier molecular flexibility index (Phi) is 5.55. The molecule has 0 bridgehead atoms. The largest absolute Gasteiger partial charge is 0.324 e. The van der Waals surface area contributed by atoms with Gasteiger partial charge in [0.2, 0.25) is 0 Å². The molecule has 0 fully saturated rings. The number of amides is 3. The van der Waals surface area contributed by atoms with Crippen LogP contribution in [0.3, 0.4) is 0 Å². The SMILES string of the molecule is Cc1ccc(Cl)cc1NC(=O)c1ccc(NC(=O)Nc2ccccc2)s1. The van der Waals surface area contributed by atoms with Gasteiger partial charge in [0.25, 0.3) is 5.91 Å². The number of para-hydroxylation sites is 1. The molecule has 5 nitrogen and oxygen atoms in total. The number of urea groups is 1. The molecule has 3 rings (SSSR count). The van der Waals surface area contributed by atoms with Gasteiger partial charge in [0, 0.05) is 16.4 Å². The number of halogens is 1. The van der Waals surface area contributed by atoms with Crippen molar-refractivity contribution < 1.29 is 9.59 Å². The average Bonchev–Trinajstić information content (AvgIpc) is 3.07. The molecule has 0 aliphatic rings. The first-order valence-electron chi connectivity index (χ1n) is 7.81. The lowest BCUT2D eigenvalue weighted by Gasteiger charge is -2.07. The zero-order valence-corrected chi connectivity index (χ0v) is 15.4. The second-order valence-electron chi connectivity index (χ2n) is 5.52. The fourth-order valence-corrected chi connectivity index (χ4v) is 3.20. The monoisotopic (exact) mass is 385 g/mol. The van der Waals surface area contributed by atoms with Gasteiger partial charge >= 0.3 is 6.03 Å². The number of rotatable bonds is 4. The Morgan fingerprint density at radius 2 is 1.69 bits per heavy atom. The molecule has 1 aromatic heterocycles. The van der Waals surface area contributed by atoms with Gasteiger partial charge in [-0.1, -0.05) is 35.9 Å². The summed E-state index contributed by atoms with van der Waals surface area (Å²) in [6.07, 6.45) is 0. The summed E-state index contributed by atoms with van der Waals surface area (Å²) in [5.41, 5.74) is 2.27. The molecule has 0 atom stereocenters. The molecule has 0 saturated heterocycles. The number of carbonyl (C=O) groups excluding carboxylic acids is 2. The van der Waals surface area contributed by atoms with Crippen molar-refractivity contribution in [2.45, 2.75) is 6.92 Å². The molecule has 0 unspecified atom stereocenters. The van der Waals surface area contributed by atoms with E-state index in [1.165, 1.54) is 11.3 Å². The smallest absolute Gasteiger partial charge is 0.321 e. The topological polar surface area (TPSA) is 70.2 Å². The van der Waals surface area contributed by atoms with Crippen LogP contribution in [0.4, 0.5) is 21.2 Å². The summed E-state index contributed by atoms with van der Waals surface area (Å²) in [7, 11) is 0. The lowest BCUT2D eigenvalue weighted by molar-refractivity contribution is 0.103. The molecule has 7 heteroatoms. The van der Waals surface area contributed by atoms with Crippen molar-refractivity contribution in [1.29, 1.82) is 0 Å². The van der Waals surface area contributed by atoms with E-state index in [1.807, 2.05) is 31.2 Å². The van der Waals surface area contributed by atoms with Crippen molar-refractivity contribution in [3.63, 3.8) is 0 Å². The van der Waals surface area contributed by atoms with Gasteiger partial charge in [0.1, 0.15) is 0 Å². The van der Waals surface area contributed by atoms with Gasteiger partial charge < -0.3 is 10.6 Å². The van der Waals surface area contributed by atoms with Crippen LogP contribution in [0.2, 0.25) is 5.02 Å². The quantitative estimate of drug-likeness (QED) is 0.546. The molecule has 132 valence electrons. The van der Waals surface area contributed by atoms with E-state index >= 15 is 0 Å². The average molecular weight is 386 g/mol. The maximum absolute atomic E-state index is 12.4. The molecule has 2 aromatic carbocycles. The minimum absolute atomic E-state index is 0.253. The van der Waals surface area contributed by atoms with Gasteiger partial charge in [-0.05, 0) is 48.9 Å². The highest BCUT2D eigenvalue weighted by molar-refractivity contribution is 7.18. The number of hydrogen-bond donors (Lipinski definition) is 3. The second-order valence-corrected chi connectivity index (χ2v) is 7.04. The van der Waals surface area contributed by atoms with Crippen LogP contribution >= 0.6 is 22.9 Å². The predicted octanol–water partition coefficient (Wildman–Crippen LogP) is 5.61. The second kappa shape index (κ2) is 8.03. The van der Waals surface area contributed by atoms with Crippen molar-refractivity contribution in [1.82, 2.24) is 0 Å². The molecular weight excluding hydrogens is 370 g/mol. The van der Waals surface area contributed by atoms with Crippen molar-refractivity contribution >= 4 is 51.3 Å². The minimum Gasteiger partial charge on any atom is -0.321 e. The van der Waals surface area contributed by atoms with Crippen molar-refractivity contribution in [3.8, 4) is 0 Å². The summed E-state index contributed by atoms with van der Waals surface area (Å²) in [6, 6.07) is 17.4. The van der Waals surface area contributed by atoms with Gasteiger partial charge in [0.05, 0.1) is 9.88 Å². The van der Waals surface area contributed by atoms with Crippen LogP contribution in [0, 0.1) is 6.92 Å². The molecule has 0 saturated carbocycles. The zero-order chi connectivity index (χ0) is 18.5. The molecule has 3 amide bonds. The third-order valence-electron chi connectivity index (χ3n) is 3.55. The van der Waals surface area contributed by atoms with Crippen LogP contribution in [-0.4, -0.2) is 11.9 Å². The first-order chi connectivity index (χ1) is 12.5. The number of nitrogens with one attached hydrogen (secondary N) is 3. The Balaban J connectivity index is 1.62. The number of thiophene rings is 1. The van der Waals surface area contributed by atoms with E-state index in [0.717, 1.165) is 5.56 Å². The van der Waals surface area contributed by atoms with Crippen molar-refractivity contribution in [2.75, 3.05) is 16.0 Å². The van der Waals surface area contributed by atoms with Crippen LogP contribution in [0.1, 0.15) is 15.2 Å². The van der Waals surface area contributed by atoms with Crippen LogP contribution in [-0.2, 0) is 0 Å². The van der Waals surface area contributed by atoms with Gasteiger partial charge in [-0.25, -0.2) is 4.79 Å².